The van der Waals surface area contributed by atoms with Gasteiger partial charge < -0.3 is 10.1 Å². The highest BCUT2D eigenvalue weighted by atomic mass is 16.5. The van der Waals surface area contributed by atoms with E-state index < -0.39 is 0 Å². The third-order valence-corrected chi connectivity index (χ3v) is 3.89. The third-order valence-electron chi connectivity index (χ3n) is 3.89. The molecule has 0 spiro atoms. The maximum absolute atomic E-state index is 12.0. The Hall–Kier alpha value is -1.93. The number of carbonyl (C=O) groups excluding carboxylic acids is 1. The molecule has 1 amide bonds. The summed E-state index contributed by atoms with van der Waals surface area (Å²) in [5.74, 6) is -0.211. The molecule has 0 aliphatic heterocycles. The van der Waals surface area contributed by atoms with E-state index in [0.29, 0.717) is 11.3 Å². The zero-order valence-electron chi connectivity index (χ0n) is 11.3. The SMILES string of the molecule is COC1CC(NC(=O)c2ccc(C#N)cn2)C1(C)C. The summed E-state index contributed by atoms with van der Waals surface area (Å²) >= 11 is 0. The van der Waals surface area contributed by atoms with Crippen molar-refractivity contribution in [3.63, 3.8) is 0 Å². The van der Waals surface area contributed by atoms with E-state index in [9.17, 15) is 4.79 Å². The number of nitrogens with one attached hydrogen (secondary N) is 1. The van der Waals surface area contributed by atoms with Gasteiger partial charge in [0, 0.05) is 24.8 Å². The summed E-state index contributed by atoms with van der Waals surface area (Å²) < 4.78 is 5.35. The number of methoxy groups -OCH3 is 1. The monoisotopic (exact) mass is 259 g/mol. The topological polar surface area (TPSA) is 75.0 Å². The molecule has 0 bridgehead atoms. The highest BCUT2D eigenvalue weighted by molar-refractivity contribution is 5.92. The number of carbonyl (C=O) groups is 1. The van der Waals surface area contributed by atoms with Gasteiger partial charge in [0.1, 0.15) is 11.8 Å². The van der Waals surface area contributed by atoms with Gasteiger partial charge in [0.25, 0.3) is 5.91 Å². The summed E-state index contributed by atoms with van der Waals surface area (Å²) in [6, 6.07) is 5.21. The number of nitrogens with zero attached hydrogens (tertiary/aromatic N) is 2. The van der Waals surface area contributed by atoms with Crippen LogP contribution in [0.25, 0.3) is 0 Å². The van der Waals surface area contributed by atoms with Crippen molar-refractivity contribution in [3.05, 3.63) is 29.6 Å². The van der Waals surface area contributed by atoms with Crippen molar-refractivity contribution in [2.75, 3.05) is 7.11 Å². The summed E-state index contributed by atoms with van der Waals surface area (Å²) in [7, 11) is 1.69. The second-order valence-electron chi connectivity index (χ2n) is 5.35. The van der Waals surface area contributed by atoms with Crippen molar-refractivity contribution in [2.24, 2.45) is 5.41 Å². The summed E-state index contributed by atoms with van der Waals surface area (Å²) in [6.45, 7) is 4.14. The molecule has 1 aromatic heterocycles. The lowest BCUT2D eigenvalue weighted by Crippen LogP contribution is -2.61. The average molecular weight is 259 g/mol. The maximum atomic E-state index is 12.0. The average Bonchev–Trinajstić information content (AvgIpc) is 2.42. The molecule has 1 N–H and O–H groups in total. The maximum Gasteiger partial charge on any atom is 0.270 e. The Morgan fingerprint density at radius 3 is 2.79 bits per heavy atom. The number of pyridine rings is 1. The van der Waals surface area contributed by atoms with Crippen LogP contribution >= 0.6 is 0 Å². The van der Waals surface area contributed by atoms with E-state index >= 15 is 0 Å². The zero-order chi connectivity index (χ0) is 14.0. The van der Waals surface area contributed by atoms with E-state index in [2.05, 4.69) is 24.1 Å². The van der Waals surface area contributed by atoms with Gasteiger partial charge >= 0.3 is 0 Å². The normalized spacial score (nSPS) is 24.1. The fourth-order valence-corrected chi connectivity index (χ4v) is 2.36. The molecule has 19 heavy (non-hydrogen) atoms. The molecule has 100 valence electrons. The molecule has 1 fully saturated rings. The molecule has 1 heterocycles. The van der Waals surface area contributed by atoms with Crippen LogP contribution in [0.4, 0.5) is 0 Å². The minimum atomic E-state index is -0.211. The van der Waals surface area contributed by atoms with Crippen LogP contribution in [0.1, 0.15) is 36.3 Å². The quantitative estimate of drug-likeness (QED) is 0.892. The van der Waals surface area contributed by atoms with Crippen LogP contribution in [0.2, 0.25) is 0 Å². The fraction of sp³-hybridized carbons (Fsp3) is 0.500. The second-order valence-corrected chi connectivity index (χ2v) is 5.35. The lowest BCUT2D eigenvalue weighted by atomic mass is 9.64. The van der Waals surface area contributed by atoms with Crippen LogP contribution in [-0.2, 0) is 4.74 Å². The van der Waals surface area contributed by atoms with Crippen molar-refractivity contribution in [2.45, 2.75) is 32.4 Å². The zero-order valence-corrected chi connectivity index (χ0v) is 11.3. The predicted octanol–water partition coefficient (Wildman–Crippen LogP) is 1.50. The number of amides is 1. The Morgan fingerprint density at radius 1 is 1.58 bits per heavy atom. The second kappa shape index (κ2) is 4.98. The first-order valence-electron chi connectivity index (χ1n) is 6.19. The first-order valence-corrected chi connectivity index (χ1v) is 6.19. The van der Waals surface area contributed by atoms with E-state index in [4.69, 9.17) is 10.00 Å². The van der Waals surface area contributed by atoms with Gasteiger partial charge in [-0.05, 0) is 18.6 Å². The van der Waals surface area contributed by atoms with Gasteiger partial charge in [0.15, 0.2) is 0 Å². The van der Waals surface area contributed by atoms with Crippen molar-refractivity contribution in [3.8, 4) is 6.07 Å². The van der Waals surface area contributed by atoms with Gasteiger partial charge in [-0.25, -0.2) is 4.98 Å². The number of nitriles is 1. The van der Waals surface area contributed by atoms with Gasteiger partial charge in [-0.1, -0.05) is 13.8 Å². The molecule has 0 aromatic carbocycles. The summed E-state index contributed by atoms with van der Waals surface area (Å²) in [4.78, 5) is 16.0. The van der Waals surface area contributed by atoms with E-state index in [-0.39, 0.29) is 23.5 Å². The van der Waals surface area contributed by atoms with E-state index in [1.165, 1.54) is 6.20 Å². The summed E-state index contributed by atoms with van der Waals surface area (Å²) in [5.41, 5.74) is 0.701. The predicted molar refractivity (Wildman–Crippen MR) is 69.4 cm³/mol. The molecule has 1 aliphatic rings. The number of rotatable bonds is 3. The highest BCUT2D eigenvalue weighted by Gasteiger charge is 2.49. The van der Waals surface area contributed by atoms with Crippen LogP contribution in [0, 0.1) is 16.7 Å². The molecule has 5 nitrogen and oxygen atoms in total. The third kappa shape index (κ3) is 2.45. The Balaban J connectivity index is 2.00. The Kier molecular flexibility index (Phi) is 3.54. The fourth-order valence-electron chi connectivity index (χ4n) is 2.36. The standard InChI is InChI=1S/C14H17N3O2/c1-14(2)11(6-12(14)19-3)17-13(18)10-5-4-9(7-15)8-16-10/h4-5,8,11-12H,6H2,1-3H3,(H,17,18). The van der Waals surface area contributed by atoms with Crippen LogP contribution in [0.3, 0.4) is 0 Å². The van der Waals surface area contributed by atoms with Crippen molar-refractivity contribution >= 4 is 5.91 Å². The van der Waals surface area contributed by atoms with Crippen molar-refractivity contribution < 1.29 is 9.53 Å². The number of hydrogen-bond acceptors (Lipinski definition) is 4. The molecular formula is C14H17N3O2. The summed E-state index contributed by atoms with van der Waals surface area (Å²) in [6.07, 6.45) is 2.39. The molecule has 2 atom stereocenters. The van der Waals surface area contributed by atoms with Gasteiger partial charge in [-0.2, -0.15) is 5.26 Å². The molecule has 0 radical (unpaired) electrons. The lowest BCUT2D eigenvalue weighted by molar-refractivity contribution is -0.0942. The minimum Gasteiger partial charge on any atom is -0.381 e. The molecule has 2 rings (SSSR count). The number of hydrogen-bond donors (Lipinski definition) is 1. The van der Waals surface area contributed by atoms with Crippen LogP contribution < -0.4 is 5.32 Å². The number of ether oxygens (including phenoxy) is 1. The van der Waals surface area contributed by atoms with Gasteiger partial charge in [-0.15, -0.1) is 0 Å². The van der Waals surface area contributed by atoms with Crippen molar-refractivity contribution in [1.82, 2.24) is 10.3 Å². The van der Waals surface area contributed by atoms with Gasteiger partial charge in [-0.3, -0.25) is 4.79 Å². The molecule has 5 heteroatoms. The molecular weight excluding hydrogens is 242 g/mol. The van der Waals surface area contributed by atoms with Crippen LogP contribution in [0.5, 0.6) is 0 Å². The van der Waals surface area contributed by atoms with E-state index in [0.717, 1.165) is 6.42 Å². The van der Waals surface area contributed by atoms with Crippen LogP contribution in [-0.4, -0.2) is 30.1 Å². The Labute approximate surface area is 112 Å². The largest absolute Gasteiger partial charge is 0.381 e. The lowest BCUT2D eigenvalue weighted by Gasteiger charge is -2.51. The molecule has 2 unspecified atom stereocenters. The van der Waals surface area contributed by atoms with Gasteiger partial charge in [0.2, 0.25) is 0 Å². The summed E-state index contributed by atoms with van der Waals surface area (Å²) in [5, 5.41) is 11.6. The molecule has 1 aliphatic carbocycles. The Morgan fingerprint density at radius 2 is 2.32 bits per heavy atom. The van der Waals surface area contributed by atoms with E-state index in [1.807, 2.05) is 6.07 Å². The first-order chi connectivity index (χ1) is 8.98. The Bertz CT molecular complexity index is 516. The highest BCUT2D eigenvalue weighted by Crippen LogP contribution is 2.42. The number of aromatic nitrogens is 1. The van der Waals surface area contributed by atoms with Crippen LogP contribution in [0.15, 0.2) is 18.3 Å². The molecule has 0 saturated heterocycles. The van der Waals surface area contributed by atoms with Gasteiger partial charge in [0.05, 0.1) is 11.7 Å². The van der Waals surface area contributed by atoms with Crippen molar-refractivity contribution in [1.29, 1.82) is 5.26 Å². The molecule has 1 saturated carbocycles. The first kappa shape index (κ1) is 13.5. The minimum absolute atomic E-state index is 0.0724. The molecule has 1 aromatic rings. The smallest absolute Gasteiger partial charge is 0.270 e. The van der Waals surface area contributed by atoms with E-state index in [1.54, 1.807) is 19.2 Å².